The third-order valence-electron chi connectivity index (χ3n) is 2.62. The first kappa shape index (κ1) is 13.0. The lowest BCUT2D eigenvalue weighted by Gasteiger charge is -2.20. The van der Waals surface area contributed by atoms with Gasteiger partial charge in [0.2, 0.25) is 0 Å². The van der Waals surface area contributed by atoms with Gasteiger partial charge >= 0.3 is 5.97 Å². The highest BCUT2D eigenvalue weighted by molar-refractivity contribution is 7.99. The summed E-state index contributed by atoms with van der Waals surface area (Å²) in [4.78, 5) is 24.4. The third-order valence-corrected chi connectivity index (χ3v) is 3.86. The molecule has 0 aromatic heterocycles. The number of carbonyl (C=O) groups is 2. The van der Waals surface area contributed by atoms with Crippen LogP contribution in [0.25, 0.3) is 0 Å². The molecule has 1 atom stereocenters. The third kappa shape index (κ3) is 2.39. The van der Waals surface area contributed by atoms with E-state index in [-0.39, 0.29) is 11.3 Å². The lowest BCUT2D eigenvalue weighted by molar-refractivity contribution is -0.140. The van der Waals surface area contributed by atoms with Crippen molar-refractivity contribution in [3.8, 4) is 5.75 Å². The topological polar surface area (TPSA) is 77.8 Å². The van der Waals surface area contributed by atoms with Crippen LogP contribution in [0.2, 0.25) is 5.02 Å². The van der Waals surface area contributed by atoms with E-state index in [2.05, 4.69) is 0 Å². The molecular formula is C11H10ClNO4S. The van der Waals surface area contributed by atoms with Crippen molar-refractivity contribution >= 4 is 35.2 Å². The predicted octanol–water partition coefficient (Wildman–Crippen LogP) is 1.65. The maximum atomic E-state index is 12.2. The number of rotatable bonds is 2. The van der Waals surface area contributed by atoms with Crippen LogP contribution in [-0.4, -0.2) is 44.7 Å². The maximum absolute atomic E-state index is 12.2. The second kappa shape index (κ2) is 5.07. The Labute approximate surface area is 112 Å². The van der Waals surface area contributed by atoms with Crippen molar-refractivity contribution in [1.82, 2.24) is 4.90 Å². The SMILES string of the molecule is O=C(O)C1CSCN1C(=O)c1cc(Cl)ccc1O. The number of amides is 1. The largest absolute Gasteiger partial charge is 0.507 e. The molecule has 1 unspecified atom stereocenters. The summed E-state index contributed by atoms with van der Waals surface area (Å²) in [6, 6.07) is 3.25. The van der Waals surface area contributed by atoms with Crippen molar-refractivity contribution in [2.24, 2.45) is 0 Å². The summed E-state index contributed by atoms with van der Waals surface area (Å²) in [5, 5.41) is 19.0. The molecule has 1 aliphatic heterocycles. The Kier molecular flexibility index (Phi) is 3.68. The number of halogens is 1. The molecule has 1 saturated heterocycles. The number of aromatic hydroxyl groups is 1. The van der Waals surface area contributed by atoms with E-state index in [1.807, 2.05) is 0 Å². The Morgan fingerprint density at radius 2 is 2.17 bits per heavy atom. The van der Waals surface area contributed by atoms with Crippen molar-refractivity contribution in [3.05, 3.63) is 28.8 Å². The van der Waals surface area contributed by atoms with E-state index < -0.39 is 17.9 Å². The van der Waals surface area contributed by atoms with Gasteiger partial charge in [0.25, 0.3) is 5.91 Å². The number of hydrogen-bond donors (Lipinski definition) is 2. The maximum Gasteiger partial charge on any atom is 0.327 e. The molecule has 1 aromatic rings. The van der Waals surface area contributed by atoms with Gasteiger partial charge in [-0.25, -0.2) is 4.79 Å². The quantitative estimate of drug-likeness (QED) is 0.865. The standard InChI is InChI=1S/C11H10ClNO4S/c12-6-1-2-9(14)7(3-6)10(15)13-5-18-4-8(13)11(16)17/h1-3,8,14H,4-5H2,(H,16,17). The fourth-order valence-corrected chi connectivity index (χ4v) is 3.00. The van der Waals surface area contributed by atoms with Crippen molar-refractivity contribution in [2.45, 2.75) is 6.04 Å². The van der Waals surface area contributed by atoms with Crippen molar-refractivity contribution < 1.29 is 19.8 Å². The summed E-state index contributed by atoms with van der Waals surface area (Å²) >= 11 is 7.12. The monoisotopic (exact) mass is 287 g/mol. The first-order valence-corrected chi connectivity index (χ1v) is 6.64. The van der Waals surface area contributed by atoms with E-state index in [1.165, 1.54) is 34.9 Å². The van der Waals surface area contributed by atoms with E-state index in [9.17, 15) is 14.7 Å². The van der Waals surface area contributed by atoms with Crippen molar-refractivity contribution in [2.75, 3.05) is 11.6 Å². The van der Waals surface area contributed by atoms with Crippen molar-refractivity contribution in [3.63, 3.8) is 0 Å². The van der Waals surface area contributed by atoms with Crippen molar-refractivity contribution in [1.29, 1.82) is 0 Å². The molecule has 2 N–H and O–H groups in total. The summed E-state index contributed by atoms with van der Waals surface area (Å²) in [6.45, 7) is 0. The molecule has 0 radical (unpaired) electrons. The highest BCUT2D eigenvalue weighted by Gasteiger charge is 2.35. The van der Waals surface area contributed by atoms with Crippen LogP contribution < -0.4 is 0 Å². The van der Waals surface area contributed by atoms with Crippen LogP contribution in [0, 0.1) is 0 Å². The number of carbonyl (C=O) groups excluding carboxylic acids is 1. The first-order chi connectivity index (χ1) is 8.50. The predicted molar refractivity (Wildman–Crippen MR) is 68.0 cm³/mol. The summed E-state index contributed by atoms with van der Waals surface area (Å²) in [7, 11) is 0. The Balaban J connectivity index is 2.31. The van der Waals surface area contributed by atoms with Gasteiger partial charge in [0.1, 0.15) is 11.8 Å². The number of phenols is 1. The fraction of sp³-hybridized carbons (Fsp3) is 0.273. The number of nitrogens with zero attached hydrogens (tertiary/aromatic N) is 1. The fourth-order valence-electron chi connectivity index (χ4n) is 1.68. The second-order valence-electron chi connectivity index (χ2n) is 3.79. The lowest BCUT2D eigenvalue weighted by atomic mass is 10.1. The Morgan fingerprint density at radius 1 is 1.44 bits per heavy atom. The summed E-state index contributed by atoms with van der Waals surface area (Å²) in [5.74, 6) is -1.13. The molecule has 5 nitrogen and oxygen atoms in total. The molecule has 96 valence electrons. The molecule has 1 amide bonds. The highest BCUT2D eigenvalue weighted by atomic mass is 35.5. The molecule has 1 aromatic carbocycles. The average Bonchev–Trinajstić information content (AvgIpc) is 2.80. The Morgan fingerprint density at radius 3 is 2.83 bits per heavy atom. The van der Waals surface area contributed by atoms with Gasteiger partial charge in [0, 0.05) is 10.8 Å². The molecule has 2 rings (SSSR count). The van der Waals surface area contributed by atoms with Gasteiger partial charge in [-0.05, 0) is 18.2 Å². The second-order valence-corrected chi connectivity index (χ2v) is 5.23. The zero-order valence-corrected chi connectivity index (χ0v) is 10.7. The summed E-state index contributed by atoms with van der Waals surface area (Å²) in [6.07, 6.45) is 0. The van der Waals surface area contributed by atoms with Gasteiger partial charge < -0.3 is 15.1 Å². The molecule has 0 bridgehead atoms. The first-order valence-electron chi connectivity index (χ1n) is 5.10. The van der Waals surface area contributed by atoms with E-state index >= 15 is 0 Å². The molecule has 1 aliphatic rings. The molecule has 0 aliphatic carbocycles. The van der Waals surface area contributed by atoms with Gasteiger partial charge in [-0.15, -0.1) is 11.8 Å². The molecule has 1 heterocycles. The molecule has 7 heteroatoms. The number of carboxylic acid groups (broad SMARTS) is 1. The van der Waals surface area contributed by atoms with Gasteiger partial charge in [0.05, 0.1) is 11.4 Å². The normalized spacial score (nSPS) is 18.9. The Hall–Kier alpha value is -1.40. The van der Waals surface area contributed by atoms with Crippen LogP contribution in [0.4, 0.5) is 0 Å². The highest BCUT2D eigenvalue weighted by Crippen LogP contribution is 2.28. The Bertz CT molecular complexity index is 508. The minimum atomic E-state index is -1.05. The van der Waals surface area contributed by atoms with E-state index in [1.54, 1.807) is 0 Å². The zero-order chi connectivity index (χ0) is 13.3. The van der Waals surface area contributed by atoms with Crippen LogP contribution in [0.1, 0.15) is 10.4 Å². The zero-order valence-electron chi connectivity index (χ0n) is 9.17. The molecule has 18 heavy (non-hydrogen) atoms. The summed E-state index contributed by atoms with van der Waals surface area (Å²) < 4.78 is 0. The minimum absolute atomic E-state index is 0.0243. The summed E-state index contributed by atoms with van der Waals surface area (Å²) in [5.41, 5.74) is 0.0243. The smallest absolute Gasteiger partial charge is 0.327 e. The van der Waals surface area contributed by atoms with Gasteiger partial charge in [-0.2, -0.15) is 0 Å². The van der Waals surface area contributed by atoms with E-state index in [0.717, 1.165) is 0 Å². The molecular weight excluding hydrogens is 278 g/mol. The average molecular weight is 288 g/mol. The van der Waals surface area contributed by atoms with Crippen LogP contribution in [0.5, 0.6) is 5.75 Å². The van der Waals surface area contributed by atoms with E-state index in [4.69, 9.17) is 16.7 Å². The number of phenolic OH excluding ortho intramolecular Hbond substituents is 1. The van der Waals surface area contributed by atoms with Crippen LogP contribution in [-0.2, 0) is 4.79 Å². The molecule has 0 spiro atoms. The van der Waals surface area contributed by atoms with E-state index in [0.29, 0.717) is 16.7 Å². The number of benzene rings is 1. The molecule has 0 saturated carbocycles. The number of hydrogen-bond acceptors (Lipinski definition) is 4. The van der Waals surface area contributed by atoms with Gasteiger partial charge in [0.15, 0.2) is 0 Å². The number of thioether (sulfide) groups is 1. The minimum Gasteiger partial charge on any atom is -0.507 e. The van der Waals surface area contributed by atoms with Gasteiger partial charge in [-0.3, -0.25) is 4.79 Å². The van der Waals surface area contributed by atoms with Crippen LogP contribution in [0.3, 0.4) is 0 Å². The number of carboxylic acids is 1. The molecule has 1 fully saturated rings. The van der Waals surface area contributed by atoms with Crippen LogP contribution in [0.15, 0.2) is 18.2 Å². The van der Waals surface area contributed by atoms with Crippen LogP contribution >= 0.6 is 23.4 Å². The number of aliphatic carboxylic acids is 1. The lowest BCUT2D eigenvalue weighted by Crippen LogP contribution is -2.41. The van der Waals surface area contributed by atoms with Gasteiger partial charge in [-0.1, -0.05) is 11.6 Å².